The molecule has 2 heterocycles. The maximum Gasteiger partial charge on any atom is 0.126 e. The molecule has 3 aromatic carbocycles. The highest BCUT2D eigenvalue weighted by Gasteiger charge is 2.33. The van der Waals surface area contributed by atoms with E-state index >= 15 is 0 Å². The largest absolute Gasteiger partial charge is 0.508 e. The Hall–Kier alpha value is -2.78. The van der Waals surface area contributed by atoms with E-state index in [0.717, 1.165) is 17.7 Å². The standard InChI is InChI=1S/C35H45NO2/c37-31-21-22-32-34(26-31)38-27-33(29-15-9-7-10-16-29)35(32)30-19-17-28(18-20-30)14-8-5-3-1-2-4-6-11-23-36-24-12-13-25-36/h7,9-10,15-22,26,33,35,37H,1-6,8,11-14,23-25,27H2. The van der Waals surface area contributed by atoms with Gasteiger partial charge in [0.15, 0.2) is 0 Å². The molecule has 2 unspecified atom stereocenters. The zero-order valence-electron chi connectivity index (χ0n) is 23.0. The van der Waals surface area contributed by atoms with Gasteiger partial charge in [-0.3, -0.25) is 0 Å². The van der Waals surface area contributed by atoms with Crippen molar-refractivity contribution in [2.75, 3.05) is 26.2 Å². The molecule has 1 saturated heterocycles. The molecular formula is C35H45NO2. The quantitative estimate of drug-likeness (QED) is 0.234. The van der Waals surface area contributed by atoms with Crippen LogP contribution in [-0.2, 0) is 6.42 Å². The zero-order chi connectivity index (χ0) is 26.0. The number of phenols is 1. The molecule has 1 N–H and O–H groups in total. The van der Waals surface area contributed by atoms with Gasteiger partial charge in [0.05, 0.1) is 6.61 Å². The van der Waals surface area contributed by atoms with Gasteiger partial charge in [-0.15, -0.1) is 0 Å². The van der Waals surface area contributed by atoms with Gasteiger partial charge >= 0.3 is 0 Å². The Bertz CT molecular complexity index is 1100. The summed E-state index contributed by atoms with van der Waals surface area (Å²) in [5.74, 6) is 1.52. The topological polar surface area (TPSA) is 32.7 Å². The molecule has 1 fully saturated rings. The first kappa shape index (κ1) is 26.8. The molecule has 0 spiro atoms. The zero-order valence-corrected chi connectivity index (χ0v) is 23.0. The number of aryl methyl sites for hydroxylation is 1. The van der Waals surface area contributed by atoms with E-state index in [0.29, 0.717) is 6.61 Å². The van der Waals surface area contributed by atoms with Gasteiger partial charge < -0.3 is 14.7 Å². The highest BCUT2D eigenvalue weighted by Crippen LogP contribution is 2.46. The molecule has 0 amide bonds. The van der Waals surface area contributed by atoms with Crippen LogP contribution >= 0.6 is 0 Å². The second kappa shape index (κ2) is 13.8. The third kappa shape index (κ3) is 7.20. The monoisotopic (exact) mass is 511 g/mol. The van der Waals surface area contributed by atoms with Gasteiger partial charge in [0.25, 0.3) is 0 Å². The van der Waals surface area contributed by atoms with Crippen LogP contribution in [0.3, 0.4) is 0 Å². The van der Waals surface area contributed by atoms with E-state index in [1.165, 1.54) is 101 Å². The lowest BCUT2D eigenvalue weighted by atomic mass is 9.75. The van der Waals surface area contributed by atoms with Crippen LogP contribution in [0.2, 0.25) is 0 Å². The van der Waals surface area contributed by atoms with Crippen molar-refractivity contribution < 1.29 is 9.84 Å². The summed E-state index contributed by atoms with van der Waals surface area (Å²) in [6.45, 7) is 4.62. The number of fused-ring (bicyclic) bond motifs is 1. The summed E-state index contributed by atoms with van der Waals surface area (Å²) in [5, 5.41) is 10.0. The van der Waals surface area contributed by atoms with Gasteiger partial charge in [-0.2, -0.15) is 0 Å². The SMILES string of the molecule is Oc1ccc2c(c1)OCC(c1ccccc1)C2c1ccc(CCCCCCCCCCN2CCCC2)cc1. The second-order valence-electron chi connectivity index (χ2n) is 11.4. The summed E-state index contributed by atoms with van der Waals surface area (Å²) in [7, 11) is 0. The molecule has 3 nitrogen and oxygen atoms in total. The van der Waals surface area contributed by atoms with Gasteiger partial charge in [-0.1, -0.05) is 99.2 Å². The number of benzene rings is 3. The number of hydrogen-bond acceptors (Lipinski definition) is 3. The molecule has 2 aliphatic rings. The number of likely N-dealkylation sites (tertiary alicyclic amines) is 1. The lowest BCUT2D eigenvalue weighted by Gasteiger charge is -2.34. The first-order valence-corrected chi connectivity index (χ1v) is 15.1. The van der Waals surface area contributed by atoms with Crippen molar-refractivity contribution in [1.29, 1.82) is 0 Å². The van der Waals surface area contributed by atoms with Gasteiger partial charge in [0.1, 0.15) is 11.5 Å². The third-order valence-electron chi connectivity index (χ3n) is 8.61. The van der Waals surface area contributed by atoms with E-state index in [1.54, 1.807) is 12.1 Å². The molecular weight excluding hydrogens is 466 g/mol. The van der Waals surface area contributed by atoms with Crippen LogP contribution in [-0.4, -0.2) is 36.2 Å². The first-order valence-electron chi connectivity index (χ1n) is 15.1. The van der Waals surface area contributed by atoms with Crippen molar-refractivity contribution in [3.63, 3.8) is 0 Å². The number of rotatable bonds is 13. The van der Waals surface area contributed by atoms with Gasteiger partial charge in [-0.05, 0) is 74.5 Å². The van der Waals surface area contributed by atoms with Crippen molar-refractivity contribution in [2.45, 2.75) is 82.5 Å². The fraction of sp³-hybridized carbons (Fsp3) is 0.486. The van der Waals surface area contributed by atoms with E-state index in [4.69, 9.17) is 4.74 Å². The van der Waals surface area contributed by atoms with Crippen molar-refractivity contribution in [1.82, 2.24) is 4.90 Å². The van der Waals surface area contributed by atoms with E-state index in [1.807, 2.05) is 6.07 Å². The Morgan fingerprint density at radius 3 is 2.13 bits per heavy atom. The van der Waals surface area contributed by atoms with E-state index in [9.17, 15) is 5.11 Å². The maximum atomic E-state index is 10.0. The Morgan fingerprint density at radius 2 is 1.39 bits per heavy atom. The van der Waals surface area contributed by atoms with E-state index < -0.39 is 0 Å². The molecule has 2 atom stereocenters. The van der Waals surface area contributed by atoms with Crippen LogP contribution in [0.1, 0.15) is 98.3 Å². The summed E-state index contributed by atoms with van der Waals surface area (Å²) in [6.07, 6.45) is 15.0. The second-order valence-corrected chi connectivity index (χ2v) is 11.4. The minimum Gasteiger partial charge on any atom is -0.508 e. The summed E-state index contributed by atoms with van der Waals surface area (Å²) >= 11 is 0. The minimum absolute atomic E-state index is 0.214. The van der Waals surface area contributed by atoms with Gasteiger partial charge in [0, 0.05) is 23.5 Å². The maximum absolute atomic E-state index is 10.0. The molecule has 202 valence electrons. The number of aromatic hydroxyl groups is 1. The molecule has 0 aliphatic carbocycles. The number of unbranched alkanes of at least 4 members (excludes halogenated alkanes) is 7. The first-order chi connectivity index (χ1) is 18.8. The van der Waals surface area contributed by atoms with Crippen molar-refractivity contribution >= 4 is 0 Å². The van der Waals surface area contributed by atoms with Crippen molar-refractivity contribution in [3.8, 4) is 11.5 Å². The molecule has 38 heavy (non-hydrogen) atoms. The van der Waals surface area contributed by atoms with Gasteiger partial charge in [0.2, 0.25) is 0 Å². The fourth-order valence-corrected chi connectivity index (χ4v) is 6.42. The summed E-state index contributed by atoms with van der Waals surface area (Å²) in [6, 6.07) is 25.6. The smallest absolute Gasteiger partial charge is 0.126 e. The van der Waals surface area contributed by atoms with Crippen LogP contribution < -0.4 is 4.74 Å². The number of nitrogens with zero attached hydrogens (tertiary/aromatic N) is 1. The molecule has 0 aromatic heterocycles. The van der Waals surface area contributed by atoms with Crippen LogP contribution in [0.4, 0.5) is 0 Å². The Balaban J connectivity index is 1.09. The van der Waals surface area contributed by atoms with Gasteiger partial charge in [-0.25, -0.2) is 0 Å². The molecule has 0 radical (unpaired) electrons. The average molecular weight is 512 g/mol. The average Bonchev–Trinajstić information content (AvgIpc) is 3.48. The highest BCUT2D eigenvalue weighted by atomic mass is 16.5. The van der Waals surface area contributed by atoms with Crippen LogP contribution in [0.15, 0.2) is 72.8 Å². The molecule has 2 aliphatic heterocycles. The van der Waals surface area contributed by atoms with Crippen LogP contribution in [0, 0.1) is 0 Å². The summed E-state index contributed by atoms with van der Waals surface area (Å²) in [4.78, 5) is 2.64. The molecule has 5 rings (SSSR count). The molecule has 3 aromatic rings. The van der Waals surface area contributed by atoms with Crippen LogP contribution in [0.5, 0.6) is 11.5 Å². The molecule has 0 bridgehead atoms. The highest BCUT2D eigenvalue weighted by molar-refractivity contribution is 5.50. The minimum atomic E-state index is 0.214. The lowest BCUT2D eigenvalue weighted by Crippen LogP contribution is -2.25. The predicted molar refractivity (Wildman–Crippen MR) is 157 cm³/mol. The lowest BCUT2D eigenvalue weighted by molar-refractivity contribution is 0.248. The Morgan fingerprint density at radius 1 is 0.711 bits per heavy atom. The normalized spacial score (nSPS) is 19.3. The summed E-state index contributed by atoms with van der Waals surface area (Å²) < 4.78 is 6.12. The fourth-order valence-electron chi connectivity index (χ4n) is 6.42. The van der Waals surface area contributed by atoms with E-state index in [-0.39, 0.29) is 17.6 Å². The van der Waals surface area contributed by atoms with Crippen molar-refractivity contribution in [3.05, 3.63) is 95.1 Å². The number of hydrogen-bond donors (Lipinski definition) is 1. The number of ether oxygens (including phenoxy) is 1. The Kier molecular flexibility index (Phi) is 9.77. The van der Waals surface area contributed by atoms with Crippen molar-refractivity contribution in [2.24, 2.45) is 0 Å². The summed E-state index contributed by atoms with van der Waals surface area (Å²) in [5.41, 5.74) is 5.21. The Labute approximate surface area is 229 Å². The molecule has 0 saturated carbocycles. The third-order valence-corrected chi connectivity index (χ3v) is 8.61. The predicted octanol–water partition coefficient (Wildman–Crippen LogP) is 8.46. The number of phenolic OH excluding ortho intramolecular Hbond substituents is 1. The molecule has 3 heteroatoms. The van der Waals surface area contributed by atoms with Crippen LogP contribution in [0.25, 0.3) is 0 Å². The van der Waals surface area contributed by atoms with E-state index in [2.05, 4.69) is 59.5 Å².